The van der Waals surface area contributed by atoms with Crippen LogP contribution in [0.4, 0.5) is 5.69 Å². The monoisotopic (exact) mass is 344 g/mol. The van der Waals surface area contributed by atoms with Crippen LogP contribution in [0.25, 0.3) is 0 Å². The first-order valence-electron chi connectivity index (χ1n) is 6.78. The lowest BCUT2D eigenvalue weighted by atomic mass is 10.2. The fourth-order valence-electron chi connectivity index (χ4n) is 2.29. The normalized spacial score (nSPS) is 22.4. The van der Waals surface area contributed by atoms with Crippen molar-refractivity contribution in [3.05, 3.63) is 21.0 Å². The van der Waals surface area contributed by atoms with Crippen LogP contribution in [0.1, 0.15) is 13.8 Å². The fourth-order valence-corrected chi connectivity index (χ4v) is 2.71. The van der Waals surface area contributed by atoms with Crippen LogP contribution in [0.2, 0.25) is 0 Å². The smallest absolute Gasteiger partial charge is 0.283 e. The van der Waals surface area contributed by atoms with Crippen molar-refractivity contribution in [2.45, 2.75) is 32.5 Å². The quantitative estimate of drug-likeness (QED) is 0.835. The maximum absolute atomic E-state index is 12.2. The molecule has 1 unspecified atom stereocenters. The van der Waals surface area contributed by atoms with Crippen molar-refractivity contribution in [2.75, 3.05) is 25.5 Å². The number of methoxy groups -OCH3 is 1. The highest BCUT2D eigenvalue weighted by Gasteiger charge is 2.27. The minimum Gasteiger partial charge on any atom is -0.378 e. The van der Waals surface area contributed by atoms with Crippen LogP contribution in [-0.4, -0.2) is 42.1 Å². The van der Waals surface area contributed by atoms with Crippen LogP contribution in [0.15, 0.2) is 15.5 Å². The summed E-state index contributed by atoms with van der Waals surface area (Å²) in [5, 5.41) is 10.8. The third-order valence-corrected chi connectivity index (χ3v) is 4.09. The Balaban J connectivity index is 2.17. The second kappa shape index (κ2) is 6.69. The van der Waals surface area contributed by atoms with Crippen molar-refractivity contribution < 1.29 is 4.74 Å². The maximum atomic E-state index is 12.2. The zero-order valence-electron chi connectivity index (χ0n) is 12.0. The first kappa shape index (κ1) is 15.5. The molecule has 1 aliphatic heterocycles. The molecule has 1 aromatic rings. The van der Waals surface area contributed by atoms with E-state index in [1.165, 1.54) is 4.68 Å². The Hall–Kier alpha value is -0.920. The molecular formula is C13H21BrN4O2. The van der Waals surface area contributed by atoms with Gasteiger partial charge in [0.25, 0.3) is 5.56 Å². The Bertz CT molecular complexity index is 518. The number of hydrogen-bond donors (Lipinski definition) is 2. The van der Waals surface area contributed by atoms with E-state index in [2.05, 4.69) is 45.5 Å². The summed E-state index contributed by atoms with van der Waals surface area (Å²) in [5.41, 5.74) is 0.606. The molecule has 2 N–H and O–H groups in total. The van der Waals surface area contributed by atoms with Gasteiger partial charge in [-0.2, -0.15) is 5.10 Å². The average molecular weight is 345 g/mol. The second-order valence-electron chi connectivity index (χ2n) is 5.44. The van der Waals surface area contributed by atoms with Crippen LogP contribution >= 0.6 is 15.9 Å². The van der Waals surface area contributed by atoms with E-state index in [0.29, 0.717) is 22.6 Å². The van der Waals surface area contributed by atoms with E-state index in [1.807, 2.05) is 0 Å². The predicted octanol–water partition coefficient (Wildman–Crippen LogP) is 1.06. The summed E-state index contributed by atoms with van der Waals surface area (Å²) in [6.45, 7) is 6.34. The first-order chi connectivity index (χ1) is 9.52. The molecule has 1 saturated heterocycles. The van der Waals surface area contributed by atoms with E-state index in [0.717, 1.165) is 13.1 Å². The summed E-state index contributed by atoms with van der Waals surface area (Å²) in [6, 6.07) is 0.137. The predicted molar refractivity (Wildman–Crippen MR) is 82.1 cm³/mol. The van der Waals surface area contributed by atoms with Crippen molar-refractivity contribution in [3.63, 3.8) is 0 Å². The molecule has 20 heavy (non-hydrogen) atoms. The molecule has 0 saturated carbocycles. The lowest BCUT2D eigenvalue weighted by Gasteiger charge is -2.20. The Labute approximate surface area is 127 Å². The molecule has 2 atom stereocenters. The molecule has 1 aliphatic rings. The number of aromatic nitrogens is 2. The van der Waals surface area contributed by atoms with Crippen molar-refractivity contribution in [1.82, 2.24) is 15.1 Å². The Morgan fingerprint density at radius 1 is 1.60 bits per heavy atom. The zero-order chi connectivity index (χ0) is 14.7. The standard InChI is InChI=1S/C13H21BrN4O2/c1-8(2)7-18-13(19)12(14)10(5-16-18)17-9-4-15-6-11(9)20-3/h5,8-9,11,15,17H,4,6-7H2,1-3H3/t9?,11-/m0/s1. The van der Waals surface area contributed by atoms with Crippen LogP contribution in [0.5, 0.6) is 0 Å². The van der Waals surface area contributed by atoms with E-state index in [-0.39, 0.29) is 17.7 Å². The fraction of sp³-hybridized carbons (Fsp3) is 0.692. The molecule has 2 rings (SSSR count). The van der Waals surface area contributed by atoms with Gasteiger partial charge in [0, 0.05) is 26.7 Å². The number of hydrogen-bond acceptors (Lipinski definition) is 5. The summed E-state index contributed by atoms with van der Waals surface area (Å²) in [5.74, 6) is 0.378. The third-order valence-electron chi connectivity index (χ3n) is 3.33. The minimum atomic E-state index is -0.108. The van der Waals surface area contributed by atoms with Gasteiger partial charge in [0.15, 0.2) is 0 Å². The summed E-state index contributed by atoms with van der Waals surface area (Å²) < 4.78 is 7.41. The average Bonchev–Trinajstić information content (AvgIpc) is 2.85. The summed E-state index contributed by atoms with van der Waals surface area (Å²) in [7, 11) is 1.69. The van der Waals surface area contributed by atoms with E-state index in [4.69, 9.17) is 4.74 Å². The number of ether oxygens (including phenoxy) is 1. The summed E-state index contributed by atoms with van der Waals surface area (Å²) in [6.07, 6.45) is 1.79. The van der Waals surface area contributed by atoms with Gasteiger partial charge in [-0.1, -0.05) is 13.8 Å². The van der Waals surface area contributed by atoms with E-state index in [1.54, 1.807) is 13.3 Å². The molecule has 6 nitrogen and oxygen atoms in total. The van der Waals surface area contributed by atoms with Crippen molar-refractivity contribution in [2.24, 2.45) is 5.92 Å². The number of nitrogens with one attached hydrogen (secondary N) is 2. The molecular weight excluding hydrogens is 324 g/mol. The Morgan fingerprint density at radius 2 is 2.35 bits per heavy atom. The molecule has 0 aliphatic carbocycles. The minimum absolute atomic E-state index is 0.0972. The number of halogens is 1. The van der Waals surface area contributed by atoms with Gasteiger partial charge in [0.1, 0.15) is 4.47 Å². The molecule has 0 aromatic carbocycles. The van der Waals surface area contributed by atoms with Crippen molar-refractivity contribution in [3.8, 4) is 0 Å². The van der Waals surface area contributed by atoms with Gasteiger partial charge < -0.3 is 15.4 Å². The highest BCUT2D eigenvalue weighted by molar-refractivity contribution is 9.10. The zero-order valence-corrected chi connectivity index (χ0v) is 13.6. The molecule has 2 heterocycles. The molecule has 0 spiro atoms. The number of anilines is 1. The molecule has 7 heteroatoms. The lowest BCUT2D eigenvalue weighted by Crippen LogP contribution is -2.35. The van der Waals surface area contributed by atoms with Gasteiger partial charge in [-0.25, -0.2) is 4.68 Å². The van der Waals surface area contributed by atoms with Gasteiger partial charge in [-0.15, -0.1) is 0 Å². The summed E-state index contributed by atoms with van der Waals surface area (Å²) >= 11 is 3.37. The summed E-state index contributed by atoms with van der Waals surface area (Å²) in [4.78, 5) is 12.2. The van der Waals surface area contributed by atoms with Crippen LogP contribution < -0.4 is 16.2 Å². The Morgan fingerprint density at radius 3 is 3.00 bits per heavy atom. The maximum Gasteiger partial charge on any atom is 0.283 e. The van der Waals surface area contributed by atoms with Gasteiger partial charge in [0.05, 0.1) is 24.0 Å². The number of rotatable bonds is 5. The van der Waals surface area contributed by atoms with Crippen molar-refractivity contribution in [1.29, 1.82) is 0 Å². The van der Waals surface area contributed by atoms with E-state index < -0.39 is 0 Å². The van der Waals surface area contributed by atoms with Crippen LogP contribution in [0.3, 0.4) is 0 Å². The second-order valence-corrected chi connectivity index (χ2v) is 6.23. The largest absolute Gasteiger partial charge is 0.378 e. The number of nitrogens with zero attached hydrogens (tertiary/aromatic N) is 2. The van der Waals surface area contributed by atoms with Crippen LogP contribution in [-0.2, 0) is 11.3 Å². The first-order valence-corrected chi connectivity index (χ1v) is 7.58. The highest BCUT2D eigenvalue weighted by Crippen LogP contribution is 2.19. The lowest BCUT2D eigenvalue weighted by molar-refractivity contribution is 0.111. The molecule has 1 aromatic heterocycles. The Kier molecular flexibility index (Phi) is 5.17. The molecule has 0 bridgehead atoms. The van der Waals surface area contributed by atoms with Gasteiger partial charge in [0.2, 0.25) is 0 Å². The van der Waals surface area contributed by atoms with Gasteiger partial charge in [-0.3, -0.25) is 4.79 Å². The molecule has 112 valence electrons. The molecule has 1 fully saturated rings. The third kappa shape index (κ3) is 3.39. The SMILES string of the molecule is CO[C@H]1CNCC1Nc1cnn(CC(C)C)c(=O)c1Br. The van der Waals surface area contributed by atoms with E-state index in [9.17, 15) is 4.79 Å². The highest BCUT2D eigenvalue weighted by atomic mass is 79.9. The van der Waals surface area contributed by atoms with Gasteiger partial charge in [-0.05, 0) is 21.8 Å². The topological polar surface area (TPSA) is 68.2 Å². The molecule has 0 radical (unpaired) electrons. The van der Waals surface area contributed by atoms with Crippen molar-refractivity contribution >= 4 is 21.6 Å². The van der Waals surface area contributed by atoms with Gasteiger partial charge >= 0.3 is 0 Å². The van der Waals surface area contributed by atoms with E-state index >= 15 is 0 Å². The molecule has 0 amide bonds. The van der Waals surface area contributed by atoms with Crippen LogP contribution in [0, 0.1) is 5.92 Å².